The average Bonchev–Trinajstić information content (AvgIpc) is 2.57. The number of carbonyl (C=O) groups is 1. The fourth-order valence-corrected chi connectivity index (χ4v) is 3.18. The molecule has 0 spiro atoms. The van der Waals surface area contributed by atoms with Crippen LogP contribution in [-0.4, -0.2) is 19.7 Å². The van der Waals surface area contributed by atoms with Crippen LogP contribution in [-0.2, 0) is 30.4 Å². The van der Waals surface area contributed by atoms with Gasteiger partial charge in [0.15, 0.2) is 0 Å². The van der Waals surface area contributed by atoms with Crippen LogP contribution in [0.5, 0.6) is 5.75 Å². The molecule has 1 aliphatic carbocycles. The molecule has 0 amide bonds. The van der Waals surface area contributed by atoms with Crippen molar-refractivity contribution in [3.63, 3.8) is 0 Å². The zero-order valence-corrected chi connectivity index (χ0v) is 13.7. The van der Waals surface area contributed by atoms with Gasteiger partial charge in [0.1, 0.15) is 11.3 Å². The van der Waals surface area contributed by atoms with Gasteiger partial charge in [0, 0.05) is 0 Å². The van der Waals surface area contributed by atoms with Gasteiger partial charge in [-0.05, 0) is 60.9 Å². The molecule has 120 valence electrons. The molecule has 0 aromatic heterocycles. The Bertz CT molecular complexity index is 719. The molecule has 3 rings (SSSR count). The van der Waals surface area contributed by atoms with Crippen LogP contribution in [0.15, 0.2) is 36.4 Å². The van der Waals surface area contributed by atoms with Gasteiger partial charge in [-0.2, -0.15) is 0 Å². The summed E-state index contributed by atoms with van der Waals surface area (Å²) < 4.78 is 10.7. The van der Waals surface area contributed by atoms with Gasteiger partial charge in [-0.3, -0.25) is 0 Å². The number of esters is 1. The van der Waals surface area contributed by atoms with Gasteiger partial charge in [0.25, 0.3) is 0 Å². The summed E-state index contributed by atoms with van der Waals surface area (Å²) >= 11 is 0. The van der Waals surface area contributed by atoms with Crippen molar-refractivity contribution in [3.05, 3.63) is 64.2 Å². The maximum Gasteiger partial charge on any atom is 0.342 e. The molecule has 0 unspecified atom stereocenters. The van der Waals surface area contributed by atoms with E-state index in [1.807, 2.05) is 13.0 Å². The predicted octanol–water partition coefficient (Wildman–Crippen LogP) is 3.76. The van der Waals surface area contributed by atoms with E-state index in [1.165, 1.54) is 16.7 Å². The van der Waals surface area contributed by atoms with Gasteiger partial charge >= 0.3 is 5.97 Å². The maximum absolute atomic E-state index is 12.4. The number of hydrogen-bond acceptors (Lipinski definition) is 3. The number of ether oxygens (including phenoxy) is 2. The summed E-state index contributed by atoms with van der Waals surface area (Å²) in [6.45, 7) is 2.19. The Morgan fingerprint density at radius 2 is 1.70 bits per heavy atom. The van der Waals surface area contributed by atoms with Crippen LogP contribution >= 0.6 is 0 Å². The van der Waals surface area contributed by atoms with E-state index in [4.69, 9.17) is 9.47 Å². The summed E-state index contributed by atoms with van der Waals surface area (Å²) in [5.74, 6) is 0.330. The van der Waals surface area contributed by atoms with Crippen molar-refractivity contribution in [2.45, 2.75) is 32.6 Å². The number of fused-ring (bicyclic) bond motifs is 4. The number of hydrogen-bond donors (Lipinski definition) is 0. The first kappa shape index (κ1) is 15.6. The van der Waals surface area contributed by atoms with Crippen LogP contribution in [0.1, 0.15) is 39.5 Å². The van der Waals surface area contributed by atoms with Crippen molar-refractivity contribution >= 4 is 5.97 Å². The third-order valence-corrected chi connectivity index (χ3v) is 4.32. The molecule has 3 nitrogen and oxygen atoms in total. The van der Waals surface area contributed by atoms with Crippen molar-refractivity contribution in [2.24, 2.45) is 0 Å². The molecule has 0 saturated heterocycles. The first-order valence-electron chi connectivity index (χ1n) is 8.16. The maximum atomic E-state index is 12.4. The fraction of sp³-hybridized carbons (Fsp3) is 0.350. The molecule has 2 aromatic rings. The van der Waals surface area contributed by atoms with Gasteiger partial charge in [0.05, 0.1) is 13.7 Å². The molecular formula is C20H22O3. The number of aryl methyl sites for hydroxylation is 4. The summed E-state index contributed by atoms with van der Waals surface area (Å²) in [6, 6.07) is 12.8. The SMILES string of the molecule is CCOC(=O)c1c2cc(cc1OC)CCc1cccc(c1)CC2. The van der Waals surface area contributed by atoms with Crippen molar-refractivity contribution in [1.29, 1.82) is 0 Å². The second kappa shape index (κ2) is 6.86. The van der Waals surface area contributed by atoms with Gasteiger partial charge < -0.3 is 9.47 Å². The fourth-order valence-electron chi connectivity index (χ4n) is 3.18. The lowest BCUT2D eigenvalue weighted by atomic mass is 9.92. The molecule has 0 saturated carbocycles. The van der Waals surface area contributed by atoms with Crippen LogP contribution < -0.4 is 4.74 Å². The minimum atomic E-state index is -0.295. The number of carbonyl (C=O) groups excluding carboxylic acids is 1. The predicted molar refractivity (Wildman–Crippen MR) is 90.2 cm³/mol. The van der Waals surface area contributed by atoms with Crippen LogP contribution in [0.3, 0.4) is 0 Å². The molecule has 23 heavy (non-hydrogen) atoms. The van der Waals surface area contributed by atoms with E-state index in [0.717, 1.165) is 31.2 Å². The molecule has 3 heteroatoms. The third-order valence-electron chi connectivity index (χ3n) is 4.32. The molecular weight excluding hydrogens is 288 g/mol. The molecule has 0 aliphatic heterocycles. The highest BCUT2D eigenvalue weighted by Crippen LogP contribution is 2.29. The van der Waals surface area contributed by atoms with E-state index in [2.05, 4.69) is 30.3 Å². The summed E-state index contributed by atoms with van der Waals surface area (Å²) in [4.78, 5) is 12.4. The molecule has 0 N–H and O–H groups in total. The van der Waals surface area contributed by atoms with Crippen LogP contribution in [0.4, 0.5) is 0 Å². The molecule has 0 heterocycles. The van der Waals surface area contributed by atoms with Crippen LogP contribution in [0.25, 0.3) is 0 Å². The third kappa shape index (κ3) is 3.39. The smallest absolute Gasteiger partial charge is 0.342 e. The lowest BCUT2D eigenvalue weighted by Gasteiger charge is -2.17. The van der Waals surface area contributed by atoms with E-state index in [-0.39, 0.29) is 5.97 Å². The van der Waals surface area contributed by atoms with Crippen molar-refractivity contribution in [3.8, 4) is 5.75 Å². The van der Waals surface area contributed by atoms with Crippen molar-refractivity contribution < 1.29 is 14.3 Å². The zero-order chi connectivity index (χ0) is 16.2. The Balaban J connectivity index is 2.04. The average molecular weight is 310 g/mol. The second-order valence-electron chi connectivity index (χ2n) is 5.87. The van der Waals surface area contributed by atoms with E-state index < -0.39 is 0 Å². The number of benzene rings is 2. The van der Waals surface area contributed by atoms with E-state index in [0.29, 0.717) is 17.9 Å². The van der Waals surface area contributed by atoms with E-state index >= 15 is 0 Å². The van der Waals surface area contributed by atoms with Crippen molar-refractivity contribution in [1.82, 2.24) is 0 Å². The monoisotopic (exact) mass is 310 g/mol. The molecule has 2 aromatic carbocycles. The minimum Gasteiger partial charge on any atom is -0.496 e. The highest BCUT2D eigenvalue weighted by molar-refractivity contribution is 5.94. The standard InChI is InChI=1S/C20H22O3/c1-3-23-20(21)19-17-10-9-15-6-4-5-14(11-15)7-8-16(12-17)13-18(19)22-2/h4-6,11-13H,3,7-10H2,1-2H3. The first-order chi connectivity index (χ1) is 11.2. The Hall–Kier alpha value is -2.29. The van der Waals surface area contributed by atoms with Crippen molar-refractivity contribution in [2.75, 3.05) is 13.7 Å². The Morgan fingerprint density at radius 1 is 1.00 bits per heavy atom. The summed E-state index contributed by atoms with van der Waals surface area (Å²) in [5.41, 5.74) is 5.47. The normalized spacial score (nSPS) is 13.3. The number of methoxy groups -OCH3 is 1. The van der Waals surface area contributed by atoms with E-state index in [1.54, 1.807) is 7.11 Å². The molecule has 0 radical (unpaired) electrons. The van der Waals surface area contributed by atoms with Crippen LogP contribution in [0, 0.1) is 0 Å². The molecule has 0 fully saturated rings. The topological polar surface area (TPSA) is 35.5 Å². The highest BCUT2D eigenvalue weighted by Gasteiger charge is 2.20. The Morgan fingerprint density at radius 3 is 2.39 bits per heavy atom. The van der Waals surface area contributed by atoms with Crippen LogP contribution in [0.2, 0.25) is 0 Å². The lowest BCUT2D eigenvalue weighted by molar-refractivity contribution is 0.0521. The first-order valence-corrected chi connectivity index (χ1v) is 8.16. The van der Waals surface area contributed by atoms with Gasteiger partial charge in [0.2, 0.25) is 0 Å². The Kier molecular flexibility index (Phi) is 4.65. The summed E-state index contributed by atoms with van der Waals surface area (Å²) in [6.07, 6.45) is 3.65. The van der Waals surface area contributed by atoms with Gasteiger partial charge in [-0.15, -0.1) is 0 Å². The lowest BCUT2D eigenvalue weighted by Crippen LogP contribution is -2.12. The summed E-state index contributed by atoms with van der Waals surface area (Å²) in [5, 5.41) is 0. The van der Waals surface area contributed by atoms with Gasteiger partial charge in [-0.1, -0.05) is 30.3 Å². The zero-order valence-electron chi connectivity index (χ0n) is 13.7. The molecule has 1 aliphatic rings. The van der Waals surface area contributed by atoms with E-state index in [9.17, 15) is 4.79 Å². The quantitative estimate of drug-likeness (QED) is 0.810. The molecule has 0 atom stereocenters. The summed E-state index contributed by atoms with van der Waals surface area (Å²) in [7, 11) is 1.61. The Labute approximate surface area is 137 Å². The second-order valence-corrected chi connectivity index (χ2v) is 5.87. The molecule has 4 bridgehead atoms. The number of rotatable bonds is 3. The largest absolute Gasteiger partial charge is 0.496 e. The van der Waals surface area contributed by atoms with Gasteiger partial charge in [-0.25, -0.2) is 4.79 Å². The minimum absolute atomic E-state index is 0.295. The highest BCUT2D eigenvalue weighted by atomic mass is 16.5.